The molecule has 1 aromatic carbocycles. The van der Waals surface area contributed by atoms with Crippen molar-refractivity contribution in [3.63, 3.8) is 0 Å². The zero-order valence-corrected chi connectivity index (χ0v) is 11.3. The summed E-state index contributed by atoms with van der Waals surface area (Å²) in [6.07, 6.45) is 2.46. The Hall–Kier alpha value is -0.340. The van der Waals surface area contributed by atoms with Gasteiger partial charge in [0.2, 0.25) is 0 Å². The van der Waals surface area contributed by atoms with Crippen LogP contribution in [0, 0.1) is 0 Å². The molecule has 0 saturated heterocycles. The quantitative estimate of drug-likeness (QED) is 0.753. The number of benzene rings is 1. The van der Waals surface area contributed by atoms with Crippen LogP contribution in [0.4, 0.5) is 0 Å². The fourth-order valence-electron chi connectivity index (χ4n) is 1.80. The molecule has 0 aliphatic heterocycles. The van der Waals surface area contributed by atoms with Crippen molar-refractivity contribution in [2.24, 2.45) is 0 Å². The van der Waals surface area contributed by atoms with Gasteiger partial charge in [0, 0.05) is 11.0 Å². The smallest absolute Gasteiger partial charge is 0.0234 e. The molecule has 0 unspecified atom stereocenters. The number of hydrogen-bond donors (Lipinski definition) is 0. The van der Waals surface area contributed by atoms with Crippen LogP contribution in [0.5, 0.6) is 0 Å². The third-order valence-electron chi connectivity index (χ3n) is 2.37. The van der Waals surface area contributed by atoms with Gasteiger partial charge in [-0.05, 0) is 43.6 Å². The fourth-order valence-corrected chi connectivity index (χ4v) is 2.24. The Balaban J connectivity index is 2.56. The van der Waals surface area contributed by atoms with Crippen LogP contribution in [0.3, 0.4) is 0 Å². The van der Waals surface area contributed by atoms with E-state index >= 15 is 0 Å². The molecule has 0 saturated carbocycles. The molecule has 0 spiro atoms. The highest BCUT2D eigenvalue weighted by molar-refractivity contribution is 9.10. The molecule has 0 fully saturated rings. The second kappa shape index (κ2) is 7.02. The molecule has 1 aromatic rings. The molecule has 0 aliphatic carbocycles. The second-order valence-corrected chi connectivity index (χ2v) is 4.82. The van der Waals surface area contributed by atoms with Gasteiger partial charge in [0.15, 0.2) is 0 Å². The molecule has 0 bridgehead atoms. The standard InChI is InChI=1S/C13H20BrN/c1-3-8-15(9-4-2)11-12-6-5-7-13(14)10-12/h5-7,10H,3-4,8-9,11H2,1-2H3. The minimum Gasteiger partial charge on any atom is -0.299 e. The van der Waals surface area contributed by atoms with Crippen LogP contribution in [0.25, 0.3) is 0 Å². The minimum absolute atomic E-state index is 1.07. The van der Waals surface area contributed by atoms with Crippen LogP contribution in [0.15, 0.2) is 28.7 Å². The van der Waals surface area contributed by atoms with Crippen molar-refractivity contribution >= 4 is 15.9 Å². The summed E-state index contributed by atoms with van der Waals surface area (Å²) in [5.74, 6) is 0. The van der Waals surface area contributed by atoms with Crippen LogP contribution < -0.4 is 0 Å². The van der Waals surface area contributed by atoms with E-state index in [0.29, 0.717) is 0 Å². The monoisotopic (exact) mass is 269 g/mol. The summed E-state index contributed by atoms with van der Waals surface area (Å²) < 4.78 is 1.17. The van der Waals surface area contributed by atoms with Gasteiger partial charge in [-0.15, -0.1) is 0 Å². The van der Waals surface area contributed by atoms with Crippen LogP contribution in [-0.4, -0.2) is 18.0 Å². The molecule has 2 heteroatoms. The van der Waals surface area contributed by atoms with E-state index in [2.05, 4.69) is 58.9 Å². The van der Waals surface area contributed by atoms with E-state index in [1.54, 1.807) is 0 Å². The Morgan fingerprint density at radius 1 is 1.13 bits per heavy atom. The predicted octanol–water partition coefficient (Wildman–Crippen LogP) is 4.07. The Kier molecular flexibility index (Phi) is 5.96. The third kappa shape index (κ3) is 4.80. The summed E-state index contributed by atoms with van der Waals surface area (Å²) in [4.78, 5) is 2.52. The lowest BCUT2D eigenvalue weighted by Crippen LogP contribution is -2.24. The molecule has 0 heterocycles. The summed E-state index contributed by atoms with van der Waals surface area (Å²) in [6, 6.07) is 8.59. The van der Waals surface area contributed by atoms with Crippen molar-refractivity contribution in [1.82, 2.24) is 4.90 Å². The molecule has 0 aromatic heterocycles. The highest BCUT2D eigenvalue weighted by Gasteiger charge is 2.03. The fraction of sp³-hybridized carbons (Fsp3) is 0.538. The van der Waals surface area contributed by atoms with Gasteiger partial charge >= 0.3 is 0 Å². The third-order valence-corrected chi connectivity index (χ3v) is 2.87. The summed E-state index contributed by atoms with van der Waals surface area (Å²) >= 11 is 3.51. The van der Waals surface area contributed by atoms with Gasteiger partial charge in [0.25, 0.3) is 0 Å². The average Bonchev–Trinajstić information content (AvgIpc) is 2.18. The Bertz CT molecular complexity index is 280. The van der Waals surface area contributed by atoms with Crippen LogP contribution in [-0.2, 0) is 6.54 Å². The van der Waals surface area contributed by atoms with E-state index in [1.165, 1.54) is 36.0 Å². The lowest BCUT2D eigenvalue weighted by atomic mass is 10.2. The molecule has 84 valence electrons. The lowest BCUT2D eigenvalue weighted by Gasteiger charge is -2.20. The first kappa shape index (κ1) is 12.7. The Morgan fingerprint density at radius 2 is 1.80 bits per heavy atom. The molecule has 0 N–H and O–H groups in total. The summed E-state index contributed by atoms with van der Waals surface area (Å²) in [6.45, 7) is 7.94. The number of hydrogen-bond acceptors (Lipinski definition) is 1. The van der Waals surface area contributed by atoms with Gasteiger partial charge in [-0.2, -0.15) is 0 Å². The molecular weight excluding hydrogens is 250 g/mol. The van der Waals surface area contributed by atoms with E-state index < -0.39 is 0 Å². The topological polar surface area (TPSA) is 3.24 Å². The first-order valence-electron chi connectivity index (χ1n) is 5.73. The molecule has 1 rings (SSSR count). The minimum atomic E-state index is 1.07. The van der Waals surface area contributed by atoms with Crippen molar-refractivity contribution in [2.45, 2.75) is 33.2 Å². The highest BCUT2D eigenvalue weighted by atomic mass is 79.9. The van der Waals surface area contributed by atoms with Crippen LogP contribution in [0.1, 0.15) is 32.3 Å². The Morgan fingerprint density at radius 3 is 2.33 bits per heavy atom. The van der Waals surface area contributed by atoms with Crippen molar-refractivity contribution < 1.29 is 0 Å². The number of nitrogens with zero attached hydrogens (tertiary/aromatic N) is 1. The largest absolute Gasteiger partial charge is 0.299 e. The van der Waals surface area contributed by atoms with Gasteiger partial charge in [0.05, 0.1) is 0 Å². The van der Waals surface area contributed by atoms with Crippen molar-refractivity contribution in [2.75, 3.05) is 13.1 Å². The van der Waals surface area contributed by atoms with Gasteiger partial charge in [-0.1, -0.05) is 41.9 Å². The van der Waals surface area contributed by atoms with E-state index in [9.17, 15) is 0 Å². The predicted molar refractivity (Wildman–Crippen MR) is 70.0 cm³/mol. The van der Waals surface area contributed by atoms with Crippen molar-refractivity contribution in [1.29, 1.82) is 0 Å². The molecule has 1 nitrogen and oxygen atoms in total. The van der Waals surface area contributed by atoms with Gasteiger partial charge in [0.1, 0.15) is 0 Å². The maximum Gasteiger partial charge on any atom is 0.0234 e. The SMILES string of the molecule is CCCN(CCC)Cc1cccc(Br)c1. The molecule has 0 radical (unpaired) electrons. The maximum absolute atomic E-state index is 3.51. The van der Waals surface area contributed by atoms with Gasteiger partial charge in [-0.25, -0.2) is 0 Å². The number of halogens is 1. The summed E-state index contributed by atoms with van der Waals surface area (Å²) in [5, 5.41) is 0. The zero-order valence-electron chi connectivity index (χ0n) is 9.67. The molecule has 0 aliphatic rings. The van der Waals surface area contributed by atoms with Gasteiger partial charge in [-0.3, -0.25) is 4.90 Å². The van der Waals surface area contributed by atoms with Crippen molar-refractivity contribution in [3.05, 3.63) is 34.3 Å². The first-order chi connectivity index (χ1) is 7.26. The van der Waals surface area contributed by atoms with Crippen LogP contribution in [0.2, 0.25) is 0 Å². The number of rotatable bonds is 6. The molecule has 0 atom stereocenters. The van der Waals surface area contributed by atoms with Gasteiger partial charge < -0.3 is 0 Å². The second-order valence-electron chi connectivity index (χ2n) is 3.91. The van der Waals surface area contributed by atoms with Crippen LogP contribution >= 0.6 is 15.9 Å². The molecular formula is C13H20BrN. The van der Waals surface area contributed by atoms with E-state index in [0.717, 1.165) is 6.54 Å². The normalized spacial score (nSPS) is 10.9. The molecule has 0 amide bonds. The Labute approximate surface area is 102 Å². The molecule has 15 heavy (non-hydrogen) atoms. The van der Waals surface area contributed by atoms with E-state index in [4.69, 9.17) is 0 Å². The lowest BCUT2D eigenvalue weighted by molar-refractivity contribution is 0.266. The average molecular weight is 270 g/mol. The van der Waals surface area contributed by atoms with E-state index in [1.807, 2.05) is 0 Å². The zero-order chi connectivity index (χ0) is 11.1. The van der Waals surface area contributed by atoms with Crippen molar-refractivity contribution in [3.8, 4) is 0 Å². The summed E-state index contributed by atoms with van der Waals surface area (Å²) in [5.41, 5.74) is 1.39. The van der Waals surface area contributed by atoms with E-state index in [-0.39, 0.29) is 0 Å². The summed E-state index contributed by atoms with van der Waals surface area (Å²) in [7, 11) is 0. The maximum atomic E-state index is 3.51. The first-order valence-corrected chi connectivity index (χ1v) is 6.52. The highest BCUT2D eigenvalue weighted by Crippen LogP contribution is 2.13.